The summed E-state index contributed by atoms with van der Waals surface area (Å²) in [6.07, 6.45) is 7.49. The molecule has 4 heteroatoms. The van der Waals surface area contributed by atoms with Gasteiger partial charge in [0.1, 0.15) is 12.6 Å². The van der Waals surface area contributed by atoms with Crippen molar-refractivity contribution in [1.29, 1.82) is 0 Å². The summed E-state index contributed by atoms with van der Waals surface area (Å²) in [4.78, 5) is 17.5. The van der Waals surface area contributed by atoms with Gasteiger partial charge in [-0.3, -0.25) is 9.80 Å². The normalized spacial score (nSPS) is 21.3. The zero-order valence-electron chi connectivity index (χ0n) is 14.7. The van der Waals surface area contributed by atoms with Crippen LogP contribution in [0, 0.1) is 0 Å². The molecule has 2 aliphatic heterocycles. The lowest BCUT2D eigenvalue weighted by Gasteiger charge is -2.33. The van der Waals surface area contributed by atoms with Crippen LogP contribution in [0.1, 0.15) is 50.1 Å². The summed E-state index contributed by atoms with van der Waals surface area (Å²) >= 11 is 0. The van der Waals surface area contributed by atoms with Gasteiger partial charge in [0.2, 0.25) is 0 Å². The second-order valence-corrected chi connectivity index (χ2v) is 6.98. The fraction of sp³-hybridized carbons (Fsp3) is 0.650. The van der Waals surface area contributed by atoms with Crippen LogP contribution in [0.3, 0.4) is 0 Å². The minimum absolute atomic E-state index is 0.0832. The Bertz CT molecular complexity index is 494. The van der Waals surface area contributed by atoms with Crippen LogP contribution in [-0.2, 0) is 9.53 Å². The number of piperidine rings is 2. The van der Waals surface area contributed by atoms with Crippen molar-refractivity contribution in [2.45, 2.75) is 44.6 Å². The largest absolute Gasteiger partial charge is 0.463 e. The molecule has 4 nitrogen and oxygen atoms in total. The molecule has 132 valence electrons. The van der Waals surface area contributed by atoms with Crippen LogP contribution in [0.25, 0.3) is 0 Å². The molecule has 24 heavy (non-hydrogen) atoms. The average Bonchev–Trinajstić information content (AvgIpc) is 2.65. The molecule has 1 atom stereocenters. The second kappa shape index (κ2) is 9.19. The van der Waals surface area contributed by atoms with Gasteiger partial charge in [-0.05, 0) is 57.4 Å². The Labute approximate surface area is 145 Å². The van der Waals surface area contributed by atoms with E-state index in [0.717, 1.165) is 38.3 Å². The molecule has 0 aromatic heterocycles. The number of carbonyl (C=O) groups excluding carboxylic acids is 1. The molecule has 3 rings (SSSR count). The van der Waals surface area contributed by atoms with Gasteiger partial charge < -0.3 is 4.74 Å². The lowest BCUT2D eigenvalue weighted by Crippen LogP contribution is -2.40. The molecule has 0 aliphatic carbocycles. The Hall–Kier alpha value is -1.39. The van der Waals surface area contributed by atoms with Gasteiger partial charge in [-0.1, -0.05) is 43.2 Å². The van der Waals surface area contributed by atoms with E-state index in [1.165, 1.54) is 38.5 Å². The summed E-state index contributed by atoms with van der Waals surface area (Å²) in [5.74, 6) is -0.0832. The first-order valence-electron chi connectivity index (χ1n) is 9.52. The summed E-state index contributed by atoms with van der Waals surface area (Å²) in [6, 6.07) is 9.86. The zero-order valence-corrected chi connectivity index (χ0v) is 14.7. The second-order valence-electron chi connectivity index (χ2n) is 6.98. The number of carbonyl (C=O) groups is 1. The first-order chi connectivity index (χ1) is 11.8. The van der Waals surface area contributed by atoms with Gasteiger partial charge in [0, 0.05) is 6.54 Å². The van der Waals surface area contributed by atoms with E-state index in [0.29, 0.717) is 6.61 Å². The summed E-state index contributed by atoms with van der Waals surface area (Å²) in [5.41, 5.74) is 1.06. The number of hydrogen-bond acceptors (Lipinski definition) is 4. The Kier molecular flexibility index (Phi) is 6.67. The van der Waals surface area contributed by atoms with Gasteiger partial charge in [-0.15, -0.1) is 0 Å². The van der Waals surface area contributed by atoms with E-state index in [1.54, 1.807) is 0 Å². The van der Waals surface area contributed by atoms with Crippen molar-refractivity contribution in [3.8, 4) is 0 Å². The van der Waals surface area contributed by atoms with E-state index in [9.17, 15) is 4.79 Å². The molecule has 1 aromatic carbocycles. The smallest absolute Gasteiger partial charge is 0.328 e. The van der Waals surface area contributed by atoms with E-state index >= 15 is 0 Å². The fourth-order valence-electron chi connectivity index (χ4n) is 3.85. The lowest BCUT2D eigenvalue weighted by atomic mass is 10.0. The van der Waals surface area contributed by atoms with Crippen LogP contribution in [-0.4, -0.2) is 55.1 Å². The third-order valence-corrected chi connectivity index (χ3v) is 5.19. The van der Waals surface area contributed by atoms with Crippen molar-refractivity contribution >= 4 is 5.97 Å². The van der Waals surface area contributed by atoms with Gasteiger partial charge in [-0.2, -0.15) is 0 Å². The number of likely N-dealkylation sites (tertiary alicyclic amines) is 2. The lowest BCUT2D eigenvalue weighted by molar-refractivity contribution is -0.151. The van der Waals surface area contributed by atoms with E-state index in [-0.39, 0.29) is 12.0 Å². The van der Waals surface area contributed by atoms with Gasteiger partial charge in [-0.25, -0.2) is 4.79 Å². The molecule has 0 bridgehead atoms. The molecule has 1 aromatic rings. The predicted molar refractivity (Wildman–Crippen MR) is 95.9 cm³/mol. The third kappa shape index (κ3) is 4.81. The standard InChI is InChI=1S/C20H30N2O2/c23-20(24-17-16-21-12-6-2-7-13-21)19(18-10-4-1-5-11-18)22-14-8-3-9-15-22/h1,4-5,10-11,19H,2-3,6-9,12-17H2. The Morgan fingerprint density at radius 2 is 1.54 bits per heavy atom. The molecular weight excluding hydrogens is 300 g/mol. The molecule has 1 unspecified atom stereocenters. The van der Waals surface area contributed by atoms with Crippen LogP contribution in [0.15, 0.2) is 30.3 Å². The predicted octanol–water partition coefficient (Wildman–Crippen LogP) is 3.24. The monoisotopic (exact) mass is 330 g/mol. The third-order valence-electron chi connectivity index (χ3n) is 5.19. The summed E-state index contributed by atoms with van der Waals surface area (Å²) in [7, 11) is 0. The molecule has 0 radical (unpaired) electrons. The Morgan fingerprint density at radius 3 is 2.21 bits per heavy atom. The Balaban J connectivity index is 1.58. The van der Waals surface area contributed by atoms with Crippen molar-refractivity contribution in [1.82, 2.24) is 9.80 Å². The Morgan fingerprint density at radius 1 is 0.917 bits per heavy atom. The van der Waals surface area contributed by atoms with Gasteiger partial charge in [0.15, 0.2) is 0 Å². The van der Waals surface area contributed by atoms with Crippen LogP contribution in [0.2, 0.25) is 0 Å². The quantitative estimate of drug-likeness (QED) is 0.750. The van der Waals surface area contributed by atoms with Crippen molar-refractivity contribution in [3.05, 3.63) is 35.9 Å². The van der Waals surface area contributed by atoms with Crippen LogP contribution < -0.4 is 0 Å². The SMILES string of the molecule is O=C(OCCN1CCCCC1)C(c1ccccc1)N1CCCCC1. The van der Waals surface area contributed by atoms with Crippen molar-refractivity contribution in [2.75, 3.05) is 39.3 Å². The molecule has 0 saturated carbocycles. The molecule has 2 fully saturated rings. The number of benzene rings is 1. The fourth-order valence-corrected chi connectivity index (χ4v) is 3.85. The van der Waals surface area contributed by atoms with Crippen molar-refractivity contribution in [2.24, 2.45) is 0 Å². The van der Waals surface area contributed by atoms with Crippen LogP contribution in [0.4, 0.5) is 0 Å². The van der Waals surface area contributed by atoms with Crippen LogP contribution >= 0.6 is 0 Å². The van der Waals surface area contributed by atoms with E-state index in [2.05, 4.69) is 9.80 Å². The van der Waals surface area contributed by atoms with Crippen LogP contribution in [0.5, 0.6) is 0 Å². The maximum absolute atomic E-state index is 12.8. The average molecular weight is 330 g/mol. The number of ether oxygens (including phenoxy) is 1. The van der Waals surface area contributed by atoms with Gasteiger partial charge in [0.25, 0.3) is 0 Å². The molecule has 0 spiro atoms. The molecule has 2 heterocycles. The summed E-state index contributed by atoms with van der Waals surface area (Å²) < 4.78 is 5.69. The first-order valence-corrected chi connectivity index (χ1v) is 9.52. The zero-order chi connectivity index (χ0) is 16.6. The van der Waals surface area contributed by atoms with Crippen molar-refractivity contribution in [3.63, 3.8) is 0 Å². The molecular formula is C20H30N2O2. The van der Waals surface area contributed by atoms with E-state index in [4.69, 9.17) is 4.74 Å². The molecule has 0 amide bonds. The van der Waals surface area contributed by atoms with Gasteiger partial charge in [0.05, 0.1) is 0 Å². The highest BCUT2D eigenvalue weighted by atomic mass is 16.5. The maximum atomic E-state index is 12.8. The highest BCUT2D eigenvalue weighted by molar-refractivity contribution is 5.77. The number of hydrogen-bond donors (Lipinski definition) is 0. The van der Waals surface area contributed by atoms with Gasteiger partial charge >= 0.3 is 5.97 Å². The highest BCUT2D eigenvalue weighted by Crippen LogP contribution is 2.26. The summed E-state index contributed by atoms with van der Waals surface area (Å²) in [6.45, 7) is 5.64. The summed E-state index contributed by atoms with van der Waals surface area (Å²) in [5, 5.41) is 0. The molecule has 2 saturated heterocycles. The number of rotatable bonds is 6. The highest BCUT2D eigenvalue weighted by Gasteiger charge is 2.30. The van der Waals surface area contributed by atoms with E-state index in [1.807, 2.05) is 30.3 Å². The minimum Gasteiger partial charge on any atom is -0.463 e. The van der Waals surface area contributed by atoms with E-state index < -0.39 is 0 Å². The number of esters is 1. The molecule has 0 N–H and O–H groups in total. The first kappa shape index (κ1) is 17.4. The molecule has 2 aliphatic rings. The van der Waals surface area contributed by atoms with Crippen molar-refractivity contribution < 1.29 is 9.53 Å². The number of nitrogens with zero attached hydrogens (tertiary/aromatic N) is 2. The minimum atomic E-state index is -0.243. The maximum Gasteiger partial charge on any atom is 0.328 e. The topological polar surface area (TPSA) is 32.8 Å².